The van der Waals surface area contributed by atoms with Crippen LogP contribution in [-0.4, -0.2) is 99.7 Å². The first-order valence-corrected chi connectivity index (χ1v) is 13.4. The Morgan fingerprint density at radius 2 is 1.91 bits per heavy atom. The summed E-state index contributed by atoms with van der Waals surface area (Å²) in [4.78, 5) is 17.4. The molecule has 0 aromatic heterocycles. The van der Waals surface area contributed by atoms with E-state index in [1.165, 1.54) is 0 Å². The smallest absolute Gasteiger partial charge is 0.222 e. The predicted molar refractivity (Wildman–Crippen MR) is 126 cm³/mol. The van der Waals surface area contributed by atoms with Crippen LogP contribution in [-0.2, 0) is 21.2 Å². The number of amides is 1. The molecule has 2 aliphatic heterocycles. The van der Waals surface area contributed by atoms with E-state index in [9.17, 15) is 13.2 Å². The van der Waals surface area contributed by atoms with E-state index in [1.807, 2.05) is 24.3 Å². The minimum atomic E-state index is -3.37. The molecule has 0 spiro atoms. The number of ether oxygens (including phenoxy) is 1. The monoisotopic (exact) mass is 466 g/mol. The number of methoxy groups -OCH3 is 1. The molecule has 0 radical (unpaired) electrons. The van der Waals surface area contributed by atoms with Gasteiger partial charge in [-0.3, -0.25) is 9.69 Å². The summed E-state index contributed by atoms with van der Waals surface area (Å²) in [6.45, 7) is 7.36. The predicted octanol–water partition coefficient (Wildman–Crippen LogP) is 1.18. The average Bonchev–Trinajstić information content (AvgIpc) is 3.28. The van der Waals surface area contributed by atoms with Crippen molar-refractivity contribution in [3.63, 3.8) is 0 Å². The van der Waals surface area contributed by atoms with Crippen molar-refractivity contribution < 1.29 is 17.9 Å². The van der Waals surface area contributed by atoms with Crippen molar-refractivity contribution in [2.75, 3.05) is 65.2 Å². The number of sulfonamides is 1. The van der Waals surface area contributed by atoms with Gasteiger partial charge in [0, 0.05) is 51.7 Å². The highest BCUT2D eigenvalue weighted by Gasteiger charge is 2.29. The largest absolute Gasteiger partial charge is 0.497 e. The van der Waals surface area contributed by atoms with Crippen LogP contribution in [0, 0.1) is 0 Å². The fourth-order valence-electron chi connectivity index (χ4n) is 4.57. The van der Waals surface area contributed by atoms with Crippen LogP contribution in [0.3, 0.4) is 0 Å². The van der Waals surface area contributed by atoms with E-state index in [1.54, 1.807) is 16.3 Å². The zero-order valence-electron chi connectivity index (χ0n) is 19.5. The van der Waals surface area contributed by atoms with Gasteiger partial charge in [0.15, 0.2) is 0 Å². The first-order chi connectivity index (χ1) is 15.4. The van der Waals surface area contributed by atoms with Crippen molar-refractivity contribution in [1.82, 2.24) is 19.4 Å². The Balaban J connectivity index is 1.62. The van der Waals surface area contributed by atoms with Crippen molar-refractivity contribution >= 4 is 15.9 Å². The van der Waals surface area contributed by atoms with Gasteiger partial charge in [-0.25, -0.2) is 8.42 Å². The maximum absolute atomic E-state index is 13.2. The lowest BCUT2D eigenvalue weighted by molar-refractivity contribution is -0.131. The number of nitrogens with one attached hydrogen (secondary N) is 1. The molecule has 1 atom stereocenters. The molecule has 1 N–H and O–H groups in total. The van der Waals surface area contributed by atoms with Crippen LogP contribution in [0.2, 0.25) is 0 Å². The van der Waals surface area contributed by atoms with Gasteiger partial charge in [0.25, 0.3) is 0 Å². The summed E-state index contributed by atoms with van der Waals surface area (Å²) in [5.41, 5.74) is 1.07. The van der Waals surface area contributed by atoms with E-state index in [4.69, 9.17) is 4.74 Å². The number of aryl methyl sites for hydroxylation is 1. The summed E-state index contributed by atoms with van der Waals surface area (Å²) < 4.78 is 32.4. The van der Waals surface area contributed by atoms with E-state index < -0.39 is 10.0 Å². The van der Waals surface area contributed by atoms with Crippen molar-refractivity contribution in [1.29, 1.82) is 0 Å². The topological polar surface area (TPSA) is 82.2 Å². The van der Waals surface area contributed by atoms with Gasteiger partial charge in [-0.1, -0.05) is 19.1 Å². The highest BCUT2D eigenvalue weighted by Crippen LogP contribution is 2.19. The zero-order chi connectivity index (χ0) is 23.0. The van der Waals surface area contributed by atoms with Crippen LogP contribution in [0.4, 0.5) is 0 Å². The number of likely N-dealkylation sites (N-methyl/N-ethyl adjacent to an activating group) is 1. The molecule has 2 saturated heterocycles. The number of hydrogen-bond acceptors (Lipinski definition) is 6. The van der Waals surface area contributed by atoms with Crippen LogP contribution < -0.4 is 10.1 Å². The zero-order valence-corrected chi connectivity index (χ0v) is 20.3. The van der Waals surface area contributed by atoms with Crippen LogP contribution in [0.5, 0.6) is 5.75 Å². The summed E-state index contributed by atoms with van der Waals surface area (Å²) in [6, 6.07) is 8.05. The third kappa shape index (κ3) is 6.91. The molecular weight excluding hydrogens is 428 g/mol. The lowest BCUT2D eigenvalue weighted by Crippen LogP contribution is -2.49. The molecular formula is C23H38N4O4S. The van der Waals surface area contributed by atoms with E-state index >= 15 is 0 Å². The first kappa shape index (κ1) is 25.0. The number of nitrogens with zero attached hydrogens (tertiary/aromatic N) is 3. The van der Waals surface area contributed by atoms with E-state index in [2.05, 4.69) is 17.1 Å². The second kappa shape index (κ2) is 12.0. The van der Waals surface area contributed by atoms with Crippen LogP contribution >= 0.6 is 0 Å². The molecule has 0 bridgehead atoms. The van der Waals surface area contributed by atoms with E-state index in [0.717, 1.165) is 37.2 Å². The fraction of sp³-hybridized carbons (Fsp3) is 0.696. The Hall–Kier alpha value is -1.68. The number of likely N-dealkylation sites (tertiary alicyclic amines) is 1. The Labute approximate surface area is 192 Å². The second-order valence-corrected chi connectivity index (χ2v) is 10.7. The van der Waals surface area contributed by atoms with Crippen LogP contribution in [0.15, 0.2) is 24.3 Å². The van der Waals surface area contributed by atoms with Gasteiger partial charge >= 0.3 is 0 Å². The molecule has 1 aromatic carbocycles. The summed E-state index contributed by atoms with van der Waals surface area (Å²) in [7, 11) is -1.74. The molecule has 180 valence electrons. The summed E-state index contributed by atoms with van der Waals surface area (Å²) in [5, 5.41) is 3.18. The molecule has 3 rings (SSSR count). The maximum Gasteiger partial charge on any atom is 0.222 e. The minimum absolute atomic E-state index is 0.0138. The molecule has 0 saturated carbocycles. The second-order valence-electron chi connectivity index (χ2n) is 8.58. The van der Waals surface area contributed by atoms with Gasteiger partial charge in [0.1, 0.15) is 5.75 Å². The molecule has 1 amide bonds. The molecule has 2 fully saturated rings. The highest BCUT2D eigenvalue weighted by molar-refractivity contribution is 7.89. The standard InChI is InChI=1S/C23H38N4O4S/c1-3-25-14-4-5-21(25)19-26(17-18-32(29,30)27-15-12-24-13-16-27)23(28)11-8-20-6-9-22(31-2)10-7-20/h6-7,9-10,21,24H,3-5,8,11-19H2,1-2H3/t21-/m0/s1. The highest BCUT2D eigenvalue weighted by atomic mass is 32.2. The first-order valence-electron chi connectivity index (χ1n) is 11.8. The molecule has 32 heavy (non-hydrogen) atoms. The number of rotatable bonds is 11. The Morgan fingerprint density at radius 1 is 1.19 bits per heavy atom. The van der Waals surface area contributed by atoms with Gasteiger partial charge in [-0.2, -0.15) is 4.31 Å². The Bertz CT molecular complexity index is 825. The summed E-state index contributed by atoms with van der Waals surface area (Å²) in [6.07, 6.45) is 3.19. The number of benzene rings is 1. The Kier molecular flexibility index (Phi) is 9.34. The maximum atomic E-state index is 13.2. The van der Waals surface area contributed by atoms with Crippen molar-refractivity contribution in [2.24, 2.45) is 0 Å². The van der Waals surface area contributed by atoms with Gasteiger partial charge in [0.05, 0.1) is 12.9 Å². The Morgan fingerprint density at radius 3 is 2.56 bits per heavy atom. The molecule has 9 heteroatoms. The average molecular weight is 467 g/mol. The summed E-state index contributed by atoms with van der Waals surface area (Å²) in [5.74, 6) is 0.806. The van der Waals surface area contributed by atoms with Crippen LogP contribution in [0.25, 0.3) is 0 Å². The van der Waals surface area contributed by atoms with Gasteiger partial charge in [-0.15, -0.1) is 0 Å². The quantitative estimate of drug-likeness (QED) is 0.527. The lowest BCUT2D eigenvalue weighted by Gasteiger charge is -2.32. The third-order valence-corrected chi connectivity index (χ3v) is 8.41. The molecule has 8 nitrogen and oxygen atoms in total. The normalized spacial score (nSPS) is 20.4. The van der Waals surface area contributed by atoms with E-state index in [-0.39, 0.29) is 18.2 Å². The molecule has 0 aliphatic carbocycles. The molecule has 0 unspecified atom stereocenters. The van der Waals surface area contributed by atoms with Crippen molar-refractivity contribution in [2.45, 2.75) is 38.6 Å². The van der Waals surface area contributed by atoms with Gasteiger partial charge in [0.2, 0.25) is 15.9 Å². The minimum Gasteiger partial charge on any atom is -0.497 e. The molecule has 2 heterocycles. The van der Waals surface area contributed by atoms with Gasteiger partial charge < -0.3 is 15.0 Å². The number of carbonyl (C=O) groups is 1. The van der Waals surface area contributed by atoms with Crippen molar-refractivity contribution in [3.05, 3.63) is 29.8 Å². The number of piperazine rings is 1. The van der Waals surface area contributed by atoms with E-state index in [0.29, 0.717) is 51.6 Å². The number of carbonyl (C=O) groups excluding carboxylic acids is 1. The molecule has 2 aliphatic rings. The number of hydrogen-bond donors (Lipinski definition) is 1. The van der Waals surface area contributed by atoms with Gasteiger partial charge in [-0.05, 0) is 50.0 Å². The summed E-state index contributed by atoms with van der Waals surface area (Å²) >= 11 is 0. The SMILES string of the molecule is CCN1CCC[C@H]1CN(CCS(=O)(=O)N1CCNCC1)C(=O)CCc1ccc(OC)cc1. The van der Waals surface area contributed by atoms with Crippen LogP contribution in [0.1, 0.15) is 31.7 Å². The fourth-order valence-corrected chi connectivity index (χ4v) is 6.02. The lowest BCUT2D eigenvalue weighted by atomic mass is 10.1. The molecule has 1 aromatic rings. The third-order valence-electron chi connectivity index (χ3n) is 6.56. The van der Waals surface area contributed by atoms with Crippen molar-refractivity contribution in [3.8, 4) is 5.75 Å².